The number of carbonyl (C=O) groups is 1. The van der Waals surface area contributed by atoms with E-state index in [1.807, 2.05) is 6.92 Å². The SMILES string of the molecule is CCCn1cc(C(O)C(O)CNC(C)=O)c(C)n1. The summed E-state index contributed by atoms with van der Waals surface area (Å²) < 4.78 is 1.75. The van der Waals surface area contributed by atoms with Crippen molar-refractivity contribution in [2.75, 3.05) is 6.54 Å². The van der Waals surface area contributed by atoms with Crippen LogP contribution in [0.1, 0.15) is 37.6 Å². The Kier molecular flexibility index (Phi) is 5.30. The second-order valence-electron chi connectivity index (χ2n) is 4.38. The number of amides is 1. The van der Waals surface area contributed by atoms with E-state index in [2.05, 4.69) is 10.4 Å². The number of carbonyl (C=O) groups excluding carboxylic acids is 1. The van der Waals surface area contributed by atoms with Crippen molar-refractivity contribution in [2.45, 2.75) is 45.9 Å². The third-order valence-electron chi connectivity index (χ3n) is 2.68. The Morgan fingerprint density at radius 1 is 1.56 bits per heavy atom. The summed E-state index contributed by atoms with van der Waals surface area (Å²) in [5, 5.41) is 26.5. The van der Waals surface area contributed by atoms with Crippen molar-refractivity contribution in [2.24, 2.45) is 0 Å². The first-order valence-corrected chi connectivity index (χ1v) is 6.10. The molecule has 0 aromatic carbocycles. The molecule has 18 heavy (non-hydrogen) atoms. The molecule has 6 heteroatoms. The third-order valence-corrected chi connectivity index (χ3v) is 2.68. The summed E-state index contributed by atoms with van der Waals surface area (Å²) in [5.74, 6) is -0.236. The topological polar surface area (TPSA) is 87.4 Å². The first-order valence-electron chi connectivity index (χ1n) is 6.10. The summed E-state index contributed by atoms with van der Waals surface area (Å²) in [6.45, 7) is 5.99. The molecule has 0 bridgehead atoms. The molecule has 2 unspecified atom stereocenters. The minimum Gasteiger partial charge on any atom is -0.388 e. The number of aromatic nitrogens is 2. The quantitative estimate of drug-likeness (QED) is 0.674. The van der Waals surface area contributed by atoms with Crippen molar-refractivity contribution >= 4 is 5.91 Å². The summed E-state index contributed by atoms with van der Waals surface area (Å²) >= 11 is 0. The number of aryl methyl sites for hydroxylation is 2. The largest absolute Gasteiger partial charge is 0.388 e. The maximum atomic E-state index is 10.7. The summed E-state index contributed by atoms with van der Waals surface area (Å²) in [6.07, 6.45) is 0.611. The number of nitrogens with one attached hydrogen (secondary N) is 1. The van der Waals surface area contributed by atoms with E-state index < -0.39 is 12.2 Å². The summed E-state index contributed by atoms with van der Waals surface area (Å²) in [6, 6.07) is 0. The minimum absolute atomic E-state index is 0.0227. The monoisotopic (exact) mass is 255 g/mol. The van der Waals surface area contributed by atoms with Gasteiger partial charge in [0.15, 0.2) is 0 Å². The van der Waals surface area contributed by atoms with Crippen LogP contribution < -0.4 is 5.32 Å². The Balaban J connectivity index is 2.70. The molecule has 1 heterocycles. The Morgan fingerprint density at radius 3 is 2.78 bits per heavy atom. The molecule has 1 rings (SSSR count). The number of aliphatic hydroxyl groups is 2. The van der Waals surface area contributed by atoms with Crippen LogP contribution in [0.15, 0.2) is 6.20 Å². The van der Waals surface area contributed by atoms with Crippen molar-refractivity contribution in [1.82, 2.24) is 15.1 Å². The van der Waals surface area contributed by atoms with Gasteiger partial charge < -0.3 is 15.5 Å². The van der Waals surface area contributed by atoms with Gasteiger partial charge in [-0.25, -0.2) is 0 Å². The van der Waals surface area contributed by atoms with E-state index in [0.717, 1.165) is 13.0 Å². The number of hydrogen-bond acceptors (Lipinski definition) is 4. The van der Waals surface area contributed by atoms with Gasteiger partial charge in [-0.15, -0.1) is 0 Å². The van der Waals surface area contributed by atoms with E-state index in [1.165, 1.54) is 6.92 Å². The Bertz CT molecular complexity index is 403. The van der Waals surface area contributed by atoms with Gasteiger partial charge in [0.25, 0.3) is 0 Å². The Hall–Kier alpha value is -1.40. The molecule has 1 amide bonds. The third kappa shape index (κ3) is 3.82. The Labute approximate surface area is 107 Å². The second-order valence-corrected chi connectivity index (χ2v) is 4.38. The van der Waals surface area contributed by atoms with Gasteiger partial charge in [0, 0.05) is 31.8 Å². The molecule has 1 aromatic heterocycles. The van der Waals surface area contributed by atoms with Crippen molar-refractivity contribution in [3.05, 3.63) is 17.5 Å². The van der Waals surface area contributed by atoms with Crippen molar-refractivity contribution < 1.29 is 15.0 Å². The average Bonchev–Trinajstić information content (AvgIpc) is 2.66. The molecule has 0 radical (unpaired) electrons. The van der Waals surface area contributed by atoms with Crippen LogP contribution in [-0.2, 0) is 11.3 Å². The Morgan fingerprint density at radius 2 is 2.22 bits per heavy atom. The van der Waals surface area contributed by atoms with E-state index in [9.17, 15) is 15.0 Å². The van der Waals surface area contributed by atoms with Gasteiger partial charge in [-0.05, 0) is 13.3 Å². The van der Waals surface area contributed by atoms with E-state index in [-0.39, 0.29) is 12.5 Å². The lowest BCUT2D eigenvalue weighted by atomic mass is 10.1. The van der Waals surface area contributed by atoms with Gasteiger partial charge in [0.2, 0.25) is 5.91 Å². The molecule has 6 nitrogen and oxygen atoms in total. The van der Waals surface area contributed by atoms with E-state index in [1.54, 1.807) is 17.8 Å². The highest BCUT2D eigenvalue weighted by atomic mass is 16.3. The molecular weight excluding hydrogens is 234 g/mol. The summed E-state index contributed by atoms with van der Waals surface area (Å²) in [4.78, 5) is 10.7. The van der Waals surface area contributed by atoms with Gasteiger partial charge in [0.05, 0.1) is 5.69 Å². The van der Waals surface area contributed by atoms with E-state index in [4.69, 9.17) is 0 Å². The molecule has 0 fully saturated rings. The second kappa shape index (κ2) is 6.51. The van der Waals surface area contributed by atoms with Gasteiger partial charge in [-0.1, -0.05) is 6.92 Å². The predicted molar refractivity (Wildman–Crippen MR) is 66.9 cm³/mol. The normalized spacial score (nSPS) is 14.3. The molecule has 0 spiro atoms. The molecule has 0 aliphatic heterocycles. The maximum absolute atomic E-state index is 10.7. The molecule has 0 saturated heterocycles. The van der Waals surface area contributed by atoms with E-state index in [0.29, 0.717) is 11.3 Å². The molecule has 3 N–H and O–H groups in total. The standard InChI is InChI=1S/C12H21N3O3/c1-4-5-15-7-10(8(2)14-15)12(18)11(17)6-13-9(3)16/h7,11-12,17-18H,4-6H2,1-3H3,(H,13,16). The van der Waals surface area contributed by atoms with Crippen molar-refractivity contribution in [3.8, 4) is 0 Å². The van der Waals surface area contributed by atoms with Crippen LogP contribution in [0, 0.1) is 6.92 Å². The number of hydrogen-bond donors (Lipinski definition) is 3. The molecule has 1 aromatic rings. The summed E-state index contributed by atoms with van der Waals surface area (Å²) in [5.41, 5.74) is 1.29. The number of rotatable bonds is 6. The van der Waals surface area contributed by atoms with E-state index >= 15 is 0 Å². The first-order chi connectivity index (χ1) is 8.45. The number of nitrogens with zero attached hydrogens (tertiary/aromatic N) is 2. The van der Waals surface area contributed by atoms with Crippen molar-refractivity contribution in [3.63, 3.8) is 0 Å². The zero-order valence-corrected chi connectivity index (χ0v) is 11.1. The number of aliphatic hydroxyl groups excluding tert-OH is 2. The van der Waals surface area contributed by atoms with Gasteiger partial charge >= 0.3 is 0 Å². The van der Waals surface area contributed by atoms with Crippen LogP contribution in [0.3, 0.4) is 0 Å². The maximum Gasteiger partial charge on any atom is 0.216 e. The lowest BCUT2D eigenvalue weighted by molar-refractivity contribution is -0.119. The highest BCUT2D eigenvalue weighted by Gasteiger charge is 2.22. The lowest BCUT2D eigenvalue weighted by Gasteiger charge is -2.17. The molecular formula is C12H21N3O3. The lowest BCUT2D eigenvalue weighted by Crippen LogP contribution is -2.34. The van der Waals surface area contributed by atoms with Crippen LogP contribution in [0.5, 0.6) is 0 Å². The fraction of sp³-hybridized carbons (Fsp3) is 0.667. The first kappa shape index (κ1) is 14.7. The van der Waals surface area contributed by atoms with Gasteiger partial charge in [-0.3, -0.25) is 9.48 Å². The van der Waals surface area contributed by atoms with Crippen LogP contribution in [-0.4, -0.2) is 38.5 Å². The van der Waals surface area contributed by atoms with Crippen LogP contribution in [0.25, 0.3) is 0 Å². The van der Waals surface area contributed by atoms with Crippen LogP contribution >= 0.6 is 0 Å². The predicted octanol–water partition coefficient (Wildman–Crippen LogP) is 0.132. The highest BCUT2D eigenvalue weighted by molar-refractivity contribution is 5.72. The summed E-state index contributed by atoms with van der Waals surface area (Å²) in [7, 11) is 0. The molecule has 102 valence electrons. The van der Waals surface area contributed by atoms with Crippen LogP contribution in [0.2, 0.25) is 0 Å². The fourth-order valence-electron chi connectivity index (χ4n) is 1.73. The van der Waals surface area contributed by atoms with Gasteiger partial charge in [0.1, 0.15) is 12.2 Å². The zero-order valence-electron chi connectivity index (χ0n) is 11.1. The average molecular weight is 255 g/mol. The van der Waals surface area contributed by atoms with Crippen molar-refractivity contribution in [1.29, 1.82) is 0 Å². The molecule has 0 aliphatic rings. The zero-order chi connectivity index (χ0) is 13.7. The fourth-order valence-corrected chi connectivity index (χ4v) is 1.73. The van der Waals surface area contributed by atoms with Gasteiger partial charge in [-0.2, -0.15) is 5.10 Å². The molecule has 2 atom stereocenters. The van der Waals surface area contributed by atoms with Crippen LogP contribution in [0.4, 0.5) is 0 Å². The molecule has 0 aliphatic carbocycles. The highest BCUT2D eigenvalue weighted by Crippen LogP contribution is 2.19. The molecule has 0 saturated carbocycles. The smallest absolute Gasteiger partial charge is 0.216 e. The minimum atomic E-state index is -1.04.